The van der Waals surface area contributed by atoms with Gasteiger partial charge in [-0.05, 0) is 55.5 Å². The van der Waals surface area contributed by atoms with Gasteiger partial charge in [0.1, 0.15) is 0 Å². The van der Waals surface area contributed by atoms with Crippen LogP contribution in [0.5, 0.6) is 0 Å². The molecule has 0 heterocycles. The minimum atomic E-state index is -3.74. The van der Waals surface area contributed by atoms with Crippen LogP contribution in [0.15, 0.2) is 53.4 Å². The van der Waals surface area contributed by atoms with Crippen molar-refractivity contribution < 1.29 is 18.0 Å². The Kier molecular flexibility index (Phi) is 4.80. The summed E-state index contributed by atoms with van der Waals surface area (Å²) in [5, 5.41) is 2.56. The number of hydrogen-bond donors (Lipinski definition) is 2. The fourth-order valence-electron chi connectivity index (χ4n) is 1.91. The first-order valence-corrected chi connectivity index (χ1v) is 8.28. The van der Waals surface area contributed by atoms with Crippen molar-refractivity contribution in [1.29, 1.82) is 0 Å². The standard InChI is InChI=1S/C16H16N2O4S/c1-11(19)13-3-5-15(6-4-13)18-23(21,22)16-9-7-14(8-10-16)17-12(2)20/h3-10,18H,1-2H3,(H,17,20). The average Bonchev–Trinajstić information content (AvgIpc) is 2.47. The van der Waals surface area contributed by atoms with Crippen LogP contribution in [-0.4, -0.2) is 20.1 Å². The molecule has 2 rings (SSSR count). The molecular weight excluding hydrogens is 316 g/mol. The second-order valence-corrected chi connectivity index (χ2v) is 6.63. The van der Waals surface area contributed by atoms with Crippen molar-refractivity contribution in [1.82, 2.24) is 0 Å². The lowest BCUT2D eigenvalue weighted by Gasteiger charge is -2.09. The first kappa shape index (κ1) is 16.7. The second-order valence-electron chi connectivity index (χ2n) is 4.94. The van der Waals surface area contributed by atoms with Crippen LogP contribution in [0, 0.1) is 0 Å². The van der Waals surface area contributed by atoms with Crippen molar-refractivity contribution in [3.8, 4) is 0 Å². The normalized spacial score (nSPS) is 10.9. The summed E-state index contributed by atoms with van der Waals surface area (Å²) < 4.78 is 27.0. The smallest absolute Gasteiger partial charge is 0.261 e. The molecule has 0 fully saturated rings. The number of ketones is 1. The van der Waals surface area contributed by atoms with Crippen LogP contribution in [-0.2, 0) is 14.8 Å². The van der Waals surface area contributed by atoms with Gasteiger partial charge in [0.2, 0.25) is 5.91 Å². The SMILES string of the molecule is CC(=O)Nc1ccc(S(=O)(=O)Nc2ccc(C(C)=O)cc2)cc1. The number of hydrogen-bond acceptors (Lipinski definition) is 4. The fourth-order valence-corrected chi connectivity index (χ4v) is 2.97. The molecule has 0 bridgehead atoms. The maximum atomic E-state index is 12.3. The van der Waals surface area contributed by atoms with Crippen LogP contribution < -0.4 is 10.0 Å². The summed E-state index contributed by atoms with van der Waals surface area (Å²) in [5.41, 5.74) is 1.39. The van der Waals surface area contributed by atoms with Crippen LogP contribution in [0.2, 0.25) is 0 Å². The van der Waals surface area contributed by atoms with Gasteiger partial charge in [0.15, 0.2) is 5.78 Å². The van der Waals surface area contributed by atoms with Gasteiger partial charge in [-0.2, -0.15) is 0 Å². The zero-order chi connectivity index (χ0) is 17.0. The molecule has 0 aliphatic rings. The summed E-state index contributed by atoms with van der Waals surface area (Å²) in [6, 6.07) is 12.0. The zero-order valence-electron chi connectivity index (χ0n) is 12.7. The third-order valence-electron chi connectivity index (χ3n) is 3.03. The third-order valence-corrected chi connectivity index (χ3v) is 4.43. The van der Waals surface area contributed by atoms with Gasteiger partial charge in [-0.15, -0.1) is 0 Å². The van der Waals surface area contributed by atoms with Gasteiger partial charge in [-0.3, -0.25) is 14.3 Å². The van der Waals surface area contributed by atoms with E-state index in [0.717, 1.165) is 0 Å². The Morgan fingerprint density at radius 3 is 1.83 bits per heavy atom. The molecule has 1 amide bonds. The Balaban J connectivity index is 2.17. The number of nitrogens with one attached hydrogen (secondary N) is 2. The minimum Gasteiger partial charge on any atom is -0.326 e. The third kappa shape index (κ3) is 4.40. The molecule has 0 unspecified atom stereocenters. The van der Waals surface area contributed by atoms with E-state index in [1.54, 1.807) is 12.1 Å². The topological polar surface area (TPSA) is 92.3 Å². The van der Waals surface area contributed by atoms with Gasteiger partial charge in [-0.1, -0.05) is 0 Å². The summed E-state index contributed by atoms with van der Waals surface area (Å²) in [6.07, 6.45) is 0. The minimum absolute atomic E-state index is 0.0715. The molecule has 7 heteroatoms. The maximum Gasteiger partial charge on any atom is 0.261 e. The van der Waals surface area contributed by atoms with Crippen LogP contribution in [0.3, 0.4) is 0 Å². The Morgan fingerprint density at radius 1 is 0.826 bits per heavy atom. The molecule has 6 nitrogen and oxygen atoms in total. The van der Waals surface area contributed by atoms with Crippen molar-refractivity contribution in [3.63, 3.8) is 0 Å². The number of carbonyl (C=O) groups is 2. The van der Waals surface area contributed by atoms with E-state index >= 15 is 0 Å². The summed E-state index contributed by atoms with van der Waals surface area (Å²) in [6.45, 7) is 2.81. The Morgan fingerprint density at radius 2 is 1.35 bits per heavy atom. The first-order valence-electron chi connectivity index (χ1n) is 6.79. The Labute approximate surface area is 134 Å². The number of carbonyl (C=O) groups excluding carboxylic acids is 2. The van der Waals surface area contributed by atoms with Gasteiger partial charge in [-0.25, -0.2) is 8.42 Å². The van der Waals surface area contributed by atoms with Crippen molar-refractivity contribution in [2.75, 3.05) is 10.0 Å². The van der Waals surface area contributed by atoms with Crippen molar-refractivity contribution in [2.24, 2.45) is 0 Å². The highest BCUT2D eigenvalue weighted by Crippen LogP contribution is 2.19. The monoisotopic (exact) mass is 332 g/mol. The highest BCUT2D eigenvalue weighted by atomic mass is 32.2. The van der Waals surface area contributed by atoms with Gasteiger partial charge >= 0.3 is 0 Å². The predicted octanol–water partition coefficient (Wildman–Crippen LogP) is 2.65. The average molecular weight is 332 g/mol. The quantitative estimate of drug-likeness (QED) is 0.823. The second kappa shape index (κ2) is 6.62. The fraction of sp³-hybridized carbons (Fsp3) is 0.125. The lowest BCUT2D eigenvalue weighted by atomic mass is 10.1. The highest BCUT2D eigenvalue weighted by Gasteiger charge is 2.14. The van der Waals surface area contributed by atoms with Crippen LogP contribution in [0.1, 0.15) is 24.2 Å². The van der Waals surface area contributed by atoms with Crippen LogP contribution >= 0.6 is 0 Å². The molecule has 2 N–H and O–H groups in total. The molecule has 23 heavy (non-hydrogen) atoms. The number of rotatable bonds is 5. The van der Waals surface area contributed by atoms with Gasteiger partial charge in [0, 0.05) is 23.9 Å². The highest BCUT2D eigenvalue weighted by molar-refractivity contribution is 7.92. The first-order chi connectivity index (χ1) is 10.8. The molecule has 0 aliphatic heterocycles. The summed E-state index contributed by atoms with van der Waals surface area (Å²) >= 11 is 0. The Bertz CT molecular complexity index is 825. The lowest BCUT2D eigenvalue weighted by Crippen LogP contribution is -2.13. The van der Waals surface area contributed by atoms with Crippen molar-refractivity contribution in [2.45, 2.75) is 18.7 Å². The molecular formula is C16H16N2O4S. The number of amides is 1. The summed E-state index contributed by atoms with van der Waals surface area (Å²) in [7, 11) is -3.74. The molecule has 0 atom stereocenters. The van der Waals surface area contributed by atoms with Gasteiger partial charge < -0.3 is 5.32 Å². The summed E-state index contributed by atoms with van der Waals surface area (Å²) in [5.74, 6) is -0.322. The van der Waals surface area contributed by atoms with Crippen LogP contribution in [0.4, 0.5) is 11.4 Å². The molecule has 2 aromatic rings. The molecule has 0 saturated heterocycles. The Hall–Kier alpha value is -2.67. The van der Waals surface area contributed by atoms with Crippen LogP contribution in [0.25, 0.3) is 0 Å². The van der Waals surface area contributed by atoms with Crippen molar-refractivity contribution >= 4 is 33.1 Å². The van der Waals surface area contributed by atoms with Crippen molar-refractivity contribution in [3.05, 3.63) is 54.1 Å². The molecule has 120 valence electrons. The maximum absolute atomic E-state index is 12.3. The largest absolute Gasteiger partial charge is 0.326 e. The zero-order valence-corrected chi connectivity index (χ0v) is 13.5. The van der Waals surface area contributed by atoms with E-state index in [4.69, 9.17) is 0 Å². The summed E-state index contributed by atoms with van der Waals surface area (Å²) in [4.78, 5) is 22.2. The number of benzene rings is 2. The van der Waals surface area contributed by atoms with E-state index in [2.05, 4.69) is 10.0 Å². The lowest BCUT2D eigenvalue weighted by molar-refractivity contribution is -0.114. The van der Waals surface area contributed by atoms with Gasteiger partial charge in [0.05, 0.1) is 4.90 Å². The molecule has 2 aromatic carbocycles. The van der Waals surface area contributed by atoms with E-state index in [1.165, 1.54) is 50.2 Å². The molecule has 0 saturated carbocycles. The van der Waals surface area contributed by atoms with E-state index < -0.39 is 10.0 Å². The molecule has 0 spiro atoms. The van der Waals surface area contributed by atoms with Gasteiger partial charge in [0.25, 0.3) is 10.0 Å². The molecule has 0 aliphatic carbocycles. The number of sulfonamides is 1. The van der Waals surface area contributed by atoms with E-state index in [-0.39, 0.29) is 16.6 Å². The van der Waals surface area contributed by atoms with E-state index in [9.17, 15) is 18.0 Å². The number of Topliss-reactive ketones (excluding diaryl/α,β-unsaturated/α-hetero) is 1. The predicted molar refractivity (Wildman–Crippen MR) is 88.0 cm³/mol. The molecule has 0 radical (unpaired) electrons. The number of anilines is 2. The van der Waals surface area contributed by atoms with E-state index in [0.29, 0.717) is 16.9 Å². The van der Waals surface area contributed by atoms with E-state index in [1.807, 2.05) is 0 Å². The molecule has 0 aromatic heterocycles.